The summed E-state index contributed by atoms with van der Waals surface area (Å²) in [6.07, 6.45) is 9.44. The molecule has 0 aromatic heterocycles. The molecule has 1 nitrogen and oxygen atoms in total. The zero-order valence-electron chi connectivity index (χ0n) is 13.0. The fourth-order valence-electron chi connectivity index (χ4n) is 3.41. The average molecular weight is 272 g/mol. The van der Waals surface area contributed by atoms with Crippen molar-refractivity contribution in [2.45, 2.75) is 65.2 Å². The van der Waals surface area contributed by atoms with Crippen LogP contribution in [0, 0.1) is 18.8 Å². The average Bonchev–Trinajstić information content (AvgIpc) is 2.48. The van der Waals surface area contributed by atoms with Crippen LogP contribution >= 0.6 is 0 Å². The highest BCUT2D eigenvalue weighted by Gasteiger charge is 2.25. The second kappa shape index (κ2) is 7.61. The van der Waals surface area contributed by atoms with E-state index in [-0.39, 0.29) is 0 Å². The Labute approximate surface area is 123 Å². The second-order valence-corrected chi connectivity index (χ2v) is 6.43. The zero-order chi connectivity index (χ0) is 14.4. The van der Waals surface area contributed by atoms with E-state index in [0.29, 0.717) is 18.1 Å². The number of ketones is 1. The van der Waals surface area contributed by atoms with Gasteiger partial charge in [-0.25, -0.2) is 0 Å². The summed E-state index contributed by atoms with van der Waals surface area (Å²) in [5.41, 5.74) is 2.46. The molecule has 0 saturated heterocycles. The largest absolute Gasteiger partial charge is 0.299 e. The summed E-state index contributed by atoms with van der Waals surface area (Å²) >= 11 is 0. The molecule has 0 spiro atoms. The van der Waals surface area contributed by atoms with Gasteiger partial charge in [0.15, 0.2) is 0 Å². The van der Waals surface area contributed by atoms with Crippen molar-refractivity contribution in [1.29, 1.82) is 0 Å². The highest BCUT2D eigenvalue weighted by Crippen LogP contribution is 2.33. The van der Waals surface area contributed by atoms with Crippen molar-refractivity contribution in [2.75, 3.05) is 0 Å². The number of benzene rings is 1. The van der Waals surface area contributed by atoms with E-state index in [9.17, 15) is 4.79 Å². The zero-order valence-corrected chi connectivity index (χ0v) is 13.0. The lowest BCUT2D eigenvalue weighted by Gasteiger charge is -2.27. The molecule has 0 amide bonds. The maximum atomic E-state index is 12.4. The third-order valence-corrected chi connectivity index (χ3v) is 4.89. The number of hydrogen-bond acceptors (Lipinski definition) is 1. The van der Waals surface area contributed by atoms with Gasteiger partial charge in [0.2, 0.25) is 0 Å². The van der Waals surface area contributed by atoms with E-state index in [1.165, 1.54) is 43.2 Å². The van der Waals surface area contributed by atoms with Gasteiger partial charge in [-0.1, -0.05) is 50.5 Å². The van der Waals surface area contributed by atoms with Crippen LogP contribution in [-0.4, -0.2) is 5.78 Å². The Morgan fingerprint density at radius 1 is 1.15 bits per heavy atom. The molecule has 20 heavy (non-hydrogen) atoms. The lowest BCUT2D eigenvalue weighted by molar-refractivity contribution is -0.123. The molecule has 0 heterocycles. The third kappa shape index (κ3) is 4.19. The van der Waals surface area contributed by atoms with Crippen LogP contribution in [0.3, 0.4) is 0 Å². The smallest absolute Gasteiger partial charge is 0.140 e. The van der Waals surface area contributed by atoms with Crippen LogP contribution in [0.4, 0.5) is 0 Å². The summed E-state index contributed by atoms with van der Waals surface area (Å²) in [5, 5.41) is 0. The van der Waals surface area contributed by atoms with Gasteiger partial charge < -0.3 is 0 Å². The summed E-state index contributed by atoms with van der Waals surface area (Å²) in [6, 6.07) is 8.28. The normalized spacial score (nSPS) is 22.7. The molecular weight excluding hydrogens is 244 g/mol. The molecule has 0 N–H and O–H groups in total. The first-order valence-electron chi connectivity index (χ1n) is 8.28. The van der Waals surface area contributed by atoms with Crippen LogP contribution in [0.5, 0.6) is 0 Å². The van der Waals surface area contributed by atoms with Crippen LogP contribution in [-0.2, 0) is 11.2 Å². The molecule has 1 aliphatic rings. The van der Waals surface area contributed by atoms with E-state index in [2.05, 4.69) is 26.0 Å². The Kier molecular flexibility index (Phi) is 5.82. The van der Waals surface area contributed by atoms with Crippen molar-refractivity contribution in [3.8, 4) is 0 Å². The van der Waals surface area contributed by atoms with Gasteiger partial charge in [-0.15, -0.1) is 0 Å². The summed E-state index contributed by atoms with van der Waals surface area (Å²) in [4.78, 5) is 12.4. The number of aryl methyl sites for hydroxylation is 1. The van der Waals surface area contributed by atoms with Gasteiger partial charge in [0, 0.05) is 12.3 Å². The molecule has 2 rings (SSSR count). The summed E-state index contributed by atoms with van der Waals surface area (Å²) in [6.45, 7) is 4.36. The Bertz CT molecular complexity index is 427. The fourth-order valence-corrected chi connectivity index (χ4v) is 3.41. The second-order valence-electron chi connectivity index (χ2n) is 6.43. The molecule has 0 atom stereocenters. The Hall–Kier alpha value is -1.11. The van der Waals surface area contributed by atoms with E-state index >= 15 is 0 Å². The number of Topliss-reactive ketones (excluding diaryl/α,β-unsaturated/α-hetero) is 1. The Morgan fingerprint density at radius 2 is 1.85 bits per heavy atom. The lowest BCUT2D eigenvalue weighted by atomic mass is 9.77. The first-order valence-corrected chi connectivity index (χ1v) is 8.28. The van der Waals surface area contributed by atoms with Crippen LogP contribution < -0.4 is 0 Å². The maximum absolute atomic E-state index is 12.4. The highest BCUT2D eigenvalue weighted by molar-refractivity contribution is 5.83. The summed E-state index contributed by atoms with van der Waals surface area (Å²) in [7, 11) is 0. The molecule has 1 saturated carbocycles. The van der Waals surface area contributed by atoms with Gasteiger partial charge in [-0.3, -0.25) is 4.79 Å². The molecule has 1 aliphatic carbocycles. The summed E-state index contributed by atoms with van der Waals surface area (Å²) < 4.78 is 0. The van der Waals surface area contributed by atoms with Crippen molar-refractivity contribution in [1.82, 2.24) is 0 Å². The molecule has 0 aliphatic heterocycles. The van der Waals surface area contributed by atoms with Crippen molar-refractivity contribution >= 4 is 5.78 Å². The Balaban J connectivity index is 1.82. The minimum Gasteiger partial charge on any atom is -0.299 e. The minimum atomic E-state index is 0.326. The minimum absolute atomic E-state index is 0.326. The molecular formula is C19H28O. The van der Waals surface area contributed by atoms with Crippen LogP contribution in [0.15, 0.2) is 24.3 Å². The monoisotopic (exact) mass is 272 g/mol. The molecule has 110 valence electrons. The van der Waals surface area contributed by atoms with E-state index in [1.807, 2.05) is 12.1 Å². The molecule has 1 aromatic carbocycles. The highest BCUT2D eigenvalue weighted by atomic mass is 16.1. The van der Waals surface area contributed by atoms with E-state index in [1.54, 1.807) is 0 Å². The first kappa shape index (κ1) is 15.3. The predicted octanol–water partition coefficient (Wildman–Crippen LogP) is 5.10. The van der Waals surface area contributed by atoms with Gasteiger partial charge in [0.25, 0.3) is 0 Å². The molecule has 1 heteroatoms. The number of carbonyl (C=O) groups excluding carboxylic acids is 1. The first-order chi connectivity index (χ1) is 9.70. The molecule has 0 bridgehead atoms. The van der Waals surface area contributed by atoms with Crippen molar-refractivity contribution < 1.29 is 4.79 Å². The van der Waals surface area contributed by atoms with Gasteiger partial charge in [0.1, 0.15) is 5.78 Å². The van der Waals surface area contributed by atoms with E-state index in [4.69, 9.17) is 0 Å². The van der Waals surface area contributed by atoms with Gasteiger partial charge in [0.05, 0.1) is 0 Å². The molecule has 1 fully saturated rings. The maximum Gasteiger partial charge on any atom is 0.140 e. The van der Waals surface area contributed by atoms with Crippen LogP contribution in [0.2, 0.25) is 0 Å². The van der Waals surface area contributed by atoms with E-state index in [0.717, 1.165) is 18.8 Å². The third-order valence-electron chi connectivity index (χ3n) is 4.89. The van der Waals surface area contributed by atoms with Crippen LogP contribution in [0.1, 0.15) is 63.0 Å². The molecule has 0 unspecified atom stereocenters. The van der Waals surface area contributed by atoms with Crippen molar-refractivity contribution in [3.63, 3.8) is 0 Å². The number of unbranched alkanes of at least 4 members (excludes halogenated alkanes) is 1. The summed E-state index contributed by atoms with van der Waals surface area (Å²) in [5.74, 6) is 1.68. The van der Waals surface area contributed by atoms with Crippen molar-refractivity contribution in [2.24, 2.45) is 11.8 Å². The molecule has 0 radical (unpaired) electrons. The topological polar surface area (TPSA) is 17.1 Å². The number of rotatable bonds is 6. The van der Waals surface area contributed by atoms with Gasteiger partial charge in [-0.05, 0) is 49.7 Å². The Morgan fingerprint density at radius 3 is 2.50 bits per heavy atom. The fraction of sp³-hybridized carbons (Fsp3) is 0.632. The molecule has 1 aromatic rings. The van der Waals surface area contributed by atoms with Crippen LogP contribution in [0.25, 0.3) is 0 Å². The number of hydrogen-bond donors (Lipinski definition) is 0. The lowest BCUT2D eigenvalue weighted by Crippen LogP contribution is -2.23. The van der Waals surface area contributed by atoms with E-state index < -0.39 is 0 Å². The SMILES string of the molecule is CCCCC1CCC(C(=O)Cc2ccccc2C)CC1. The number of carbonyl (C=O) groups is 1. The predicted molar refractivity (Wildman–Crippen MR) is 84.9 cm³/mol. The van der Waals surface area contributed by atoms with Crippen molar-refractivity contribution in [3.05, 3.63) is 35.4 Å². The quantitative estimate of drug-likeness (QED) is 0.704. The van der Waals surface area contributed by atoms with Gasteiger partial charge in [-0.2, -0.15) is 0 Å². The standard InChI is InChI=1S/C19H28O/c1-3-4-8-16-10-12-17(13-11-16)19(20)14-18-9-6-5-7-15(18)2/h5-7,9,16-17H,3-4,8,10-14H2,1-2H3. The van der Waals surface area contributed by atoms with Gasteiger partial charge >= 0.3 is 0 Å².